The van der Waals surface area contributed by atoms with Crippen molar-refractivity contribution in [2.45, 2.75) is 79.1 Å². The first-order valence-electron chi connectivity index (χ1n) is 17.3. The van der Waals surface area contributed by atoms with Gasteiger partial charge in [0.05, 0.1) is 0 Å². The number of allylic oxidation sites excluding steroid dienone is 8. The predicted molar refractivity (Wildman–Crippen MR) is 206 cm³/mol. The summed E-state index contributed by atoms with van der Waals surface area (Å²) in [6.07, 6.45) is 14.4. The molecule has 0 spiro atoms. The van der Waals surface area contributed by atoms with Gasteiger partial charge in [-0.3, -0.25) is 6.08 Å². The predicted octanol–water partition coefficient (Wildman–Crippen LogP) is 6.24. The van der Waals surface area contributed by atoms with Crippen LogP contribution in [-0.4, -0.2) is 3.21 Å². The van der Waals surface area contributed by atoms with Crippen LogP contribution in [0, 0.1) is 12.0 Å². The Bertz CT molecular complexity index is 1980. The summed E-state index contributed by atoms with van der Waals surface area (Å²) in [5.74, 6) is 0.556. The van der Waals surface area contributed by atoms with E-state index in [1.165, 1.54) is 71.6 Å². The first-order chi connectivity index (χ1) is 22.8. The van der Waals surface area contributed by atoms with Crippen LogP contribution in [0.2, 0.25) is 0 Å². The molecule has 0 nitrogen and oxygen atoms in total. The monoisotopic (exact) mass is 772 g/mol. The van der Waals surface area contributed by atoms with Gasteiger partial charge in [0, 0.05) is 10.8 Å². The van der Waals surface area contributed by atoms with Gasteiger partial charge in [-0.15, -0.1) is 46.7 Å². The molecule has 0 amide bonds. The topological polar surface area (TPSA) is 0 Å². The quantitative estimate of drug-likeness (QED) is 0.190. The Morgan fingerprint density at radius 3 is 1.44 bits per heavy atom. The molecule has 0 saturated heterocycles. The van der Waals surface area contributed by atoms with Crippen molar-refractivity contribution < 1.29 is 49.0 Å². The molecule has 0 fully saturated rings. The molecule has 3 aliphatic carbocycles. The van der Waals surface area contributed by atoms with Gasteiger partial charge in [0.25, 0.3) is 0 Å². The van der Waals surface area contributed by atoms with E-state index in [9.17, 15) is 0 Å². The van der Waals surface area contributed by atoms with E-state index in [1.807, 2.05) is 6.08 Å². The number of fused-ring (bicyclic) bond motifs is 5. The zero-order valence-electron chi connectivity index (χ0n) is 30.7. The summed E-state index contributed by atoms with van der Waals surface area (Å²) < 4.78 is 1.60. The van der Waals surface area contributed by atoms with Crippen molar-refractivity contribution in [3.05, 3.63) is 160 Å². The summed E-state index contributed by atoms with van der Waals surface area (Å²) >= 11 is 1.55. The Labute approximate surface area is 328 Å². The van der Waals surface area contributed by atoms with Crippen molar-refractivity contribution in [1.82, 2.24) is 0 Å². The van der Waals surface area contributed by atoms with Gasteiger partial charge in [-0.1, -0.05) is 75.9 Å². The molecular weight excluding hydrogens is 727 g/mol. The van der Waals surface area contributed by atoms with Crippen LogP contribution in [0.25, 0.3) is 32.7 Å². The molecule has 50 heavy (non-hydrogen) atoms. The van der Waals surface area contributed by atoms with Crippen molar-refractivity contribution >= 4 is 35.9 Å². The van der Waals surface area contributed by atoms with Gasteiger partial charge in [0.2, 0.25) is 0 Å². The molecule has 0 aromatic heterocycles. The maximum absolute atomic E-state index is 3.15. The third-order valence-corrected chi connectivity index (χ3v) is 10.8. The first kappa shape index (κ1) is 39.8. The van der Waals surface area contributed by atoms with Crippen molar-refractivity contribution in [3.8, 4) is 0 Å². The maximum atomic E-state index is 3.15. The average Bonchev–Trinajstić information content (AvgIpc) is 3.73. The first-order valence-corrected chi connectivity index (χ1v) is 18.6. The van der Waals surface area contributed by atoms with Gasteiger partial charge in [-0.05, 0) is 36.1 Å². The second-order valence-corrected chi connectivity index (χ2v) is 16.9. The molecule has 1 unspecified atom stereocenters. The standard InChI is InChI=1S/C25H25.C15H14.C7H9.2ClH.Zr/c1-14-12-24(3,4)22-8-16-7-17-9-23-19(15(2)13-25(23,5)6)11-21(17)20(16)10-18(14)22;1-3-8-14(9-4-1)12-7-13-15-10-5-2-6-11-15;1-6-3-4-7(2)5-6;;;/h7-13H,1-6H3;1-6,8-11H,12-13H2;3,5,7H,1-2H3;2*1H;/q-1;;-1;;;+2/p-2. The molecule has 3 heteroatoms. The van der Waals surface area contributed by atoms with Crippen LogP contribution in [0.3, 0.4) is 0 Å². The van der Waals surface area contributed by atoms with Crippen LogP contribution in [0.1, 0.15) is 88.8 Å². The van der Waals surface area contributed by atoms with Crippen LogP contribution < -0.4 is 24.8 Å². The fourth-order valence-corrected chi connectivity index (χ4v) is 8.72. The van der Waals surface area contributed by atoms with E-state index in [4.69, 9.17) is 0 Å². The number of hydrogen-bond acceptors (Lipinski definition) is 0. The minimum atomic E-state index is 0. The Hall–Kier alpha value is -2.96. The van der Waals surface area contributed by atoms with Crippen LogP contribution in [0.5, 0.6) is 0 Å². The number of benzene rings is 4. The van der Waals surface area contributed by atoms with Crippen LogP contribution >= 0.6 is 0 Å². The average molecular weight is 775 g/mol. The molecule has 1 atom stereocenters. The Balaban J connectivity index is 0.000000193. The molecule has 3 aliphatic rings. The van der Waals surface area contributed by atoms with E-state index in [2.05, 4.69) is 171 Å². The zero-order valence-corrected chi connectivity index (χ0v) is 34.7. The van der Waals surface area contributed by atoms with E-state index in [0.717, 1.165) is 12.8 Å². The summed E-state index contributed by atoms with van der Waals surface area (Å²) in [7, 11) is 0. The number of hydrogen-bond donors (Lipinski definition) is 0. The summed E-state index contributed by atoms with van der Waals surface area (Å²) in [5.41, 5.74) is 13.1. The molecule has 8 rings (SSSR count). The van der Waals surface area contributed by atoms with Crippen molar-refractivity contribution in [1.29, 1.82) is 0 Å². The molecule has 5 aromatic carbocycles. The van der Waals surface area contributed by atoms with E-state index in [1.54, 1.807) is 27.4 Å². The molecular formula is C47H48Cl2Zr-2. The molecule has 256 valence electrons. The molecule has 0 aliphatic heterocycles. The third-order valence-electron chi connectivity index (χ3n) is 9.98. The summed E-state index contributed by atoms with van der Waals surface area (Å²) in [5, 5.41) is 5.57. The van der Waals surface area contributed by atoms with Gasteiger partial charge >= 0.3 is 112 Å². The van der Waals surface area contributed by atoms with Gasteiger partial charge in [-0.25, -0.2) is 11.6 Å². The molecule has 0 radical (unpaired) electrons. The molecule has 0 N–H and O–H groups in total. The van der Waals surface area contributed by atoms with Crippen molar-refractivity contribution in [2.75, 3.05) is 0 Å². The fourth-order valence-electron chi connectivity index (χ4n) is 7.72. The van der Waals surface area contributed by atoms with Crippen LogP contribution in [0.4, 0.5) is 0 Å². The third kappa shape index (κ3) is 8.73. The Morgan fingerprint density at radius 2 is 1.10 bits per heavy atom. The summed E-state index contributed by atoms with van der Waals surface area (Å²) in [6.45, 7) is 18.0. The van der Waals surface area contributed by atoms with Gasteiger partial charge in [0.1, 0.15) is 0 Å². The summed E-state index contributed by atoms with van der Waals surface area (Å²) in [6, 6.07) is 33.5. The minimum absolute atomic E-state index is 0. The van der Waals surface area contributed by atoms with Crippen LogP contribution in [-0.2, 0) is 47.9 Å². The Morgan fingerprint density at radius 1 is 0.680 bits per heavy atom. The van der Waals surface area contributed by atoms with Gasteiger partial charge in [-0.2, -0.15) is 6.08 Å². The van der Waals surface area contributed by atoms with E-state index in [-0.39, 0.29) is 35.6 Å². The second-order valence-electron chi connectivity index (χ2n) is 15.2. The molecule has 0 heterocycles. The molecule has 5 aromatic rings. The number of halogens is 2. The van der Waals surface area contributed by atoms with E-state index in [0.29, 0.717) is 5.92 Å². The van der Waals surface area contributed by atoms with Crippen molar-refractivity contribution in [2.24, 2.45) is 5.92 Å². The number of rotatable bonds is 4. The van der Waals surface area contributed by atoms with Crippen molar-refractivity contribution in [3.63, 3.8) is 0 Å². The SMILES string of the molecule is CC1=CC(C)(C)c2cc3[cH-]c4cc5c(cc4c3cc21)C(C)=CC5(C)C.CC1=CC(C)[C-]=C1.[Cl-].[Cl-].[Zr+2]=[C](Cc1ccccc1)Cc1ccccc1. The van der Waals surface area contributed by atoms with E-state index >= 15 is 0 Å². The summed E-state index contributed by atoms with van der Waals surface area (Å²) in [4.78, 5) is 0. The normalized spacial score (nSPS) is 17.2. The Kier molecular flexibility index (Phi) is 12.9. The fraction of sp³-hybridized carbons (Fsp3) is 0.277. The zero-order chi connectivity index (χ0) is 34.2. The van der Waals surface area contributed by atoms with E-state index < -0.39 is 0 Å². The molecule has 0 saturated carbocycles. The van der Waals surface area contributed by atoms with Crippen LogP contribution in [0.15, 0.2) is 121 Å². The van der Waals surface area contributed by atoms with Gasteiger partial charge in [0.15, 0.2) is 0 Å². The van der Waals surface area contributed by atoms with Gasteiger partial charge < -0.3 is 24.8 Å². The second kappa shape index (κ2) is 16.2. The molecule has 0 bridgehead atoms.